The van der Waals surface area contributed by atoms with E-state index in [4.69, 9.17) is 10.1 Å². The van der Waals surface area contributed by atoms with Crippen LogP contribution < -0.4 is 5.32 Å². The number of aromatic nitrogens is 4. The summed E-state index contributed by atoms with van der Waals surface area (Å²) in [6.07, 6.45) is 6.12. The maximum absolute atomic E-state index is 4.79. The molecule has 1 aromatic carbocycles. The van der Waals surface area contributed by atoms with Crippen LogP contribution in [0.5, 0.6) is 0 Å². The first-order valence-corrected chi connectivity index (χ1v) is 11.0. The predicted octanol–water partition coefficient (Wildman–Crippen LogP) is 4.18. The van der Waals surface area contributed by atoms with E-state index in [9.17, 15) is 0 Å². The summed E-state index contributed by atoms with van der Waals surface area (Å²) in [6.45, 7) is 3.90. The summed E-state index contributed by atoms with van der Waals surface area (Å²) in [4.78, 5) is 11.7. The van der Waals surface area contributed by atoms with Gasteiger partial charge in [-0.3, -0.25) is 4.90 Å². The second kappa shape index (κ2) is 8.31. The smallest absolute Gasteiger partial charge is 0.155 e. The number of likely N-dealkylation sites (tertiary alicyclic amines) is 1. The van der Waals surface area contributed by atoms with Crippen LogP contribution in [0.4, 0.5) is 5.69 Å². The molecule has 0 atom stereocenters. The molecule has 1 aliphatic rings. The van der Waals surface area contributed by atoms with E-state index in [0.29, 0.717) is 5.92 Å². The Morgan fingerprint density at radius 2 is 1.93 bits per heavy atom. The minimum absolute atomic E-state index is 0.433. The van der Waals surface area contributed by atoms with Crippen molar-refractivity contribution in [2.45, 2.75) is 31.8 Å². The zero-order chi connectivity index (χ0) is 19.5. The predicted molar refractivity (Wildman–Crippen MR) is 116 cm³/mol. The van der Waals surface area contributed by atoms with Crippen molar-refractivity contribution in [3.8, 4) is 0 Å². The van der Waals surface area contributed by atoms with Crippen LogP contribution in [0.15, 0.2) is 60.2 Å². The Morgan fingerprint density at radius 3 is 2.72 bits per heavy atom. The molecule has 0 spiro atoms. The summed E-state index contributed by atoms with van der Waals surface area (Å²) in [5.74, 6) is 1.40. The lowest BCUT2D eigenvalue weighted by molar-refractivity contribution is 0.201. The monoisotopic (exact) mass is 404 g/mol. The van der Waals surface area contributed by atoms with Gasteiger partial charge in [0.25, 0.3) is 0 Å². The van der Waals surface area contributed by atoms with Gasteiger partial charge in [-0.15, -0.1) is 11.3 Å². The number of anilines is 1. The van der Waals surface area contributed by atoms with Gasteiger partial charge >= 0.3 is 0 Å². The molecular formula is C22H24N6S. The molecule has 4 heterocycles. The van der Waals surface area contributed by atoms with Crippen molar-refractivity contribution >= 4 is 22.7 Å². The number of hydrogen-bond donors (Lipinski definition) is 1. The molecule has 29 heavy (non-hydrogen) atoms. The van der Waals surface area contributed by atoms with Crippen LogP contribution in [0, 0.1) is 0 Å². The standard InChI is InChI=1S/C22H24N6S/c1-2-4-17(5-3-1)14-24-19-6-7-20-25-22(26-28(20)15-19)18-8-11-27(12-9-18)16-21-23-10-13-29-21/h1-7,10,13,15,18,24H,8-9,11-12,14,16H2. The number of thiazole rings is 1. The zero-order valence-corrected chi connectivity index (χ0v) is 17.1. The van der Waals surface area contributed by atoms with Gasteiger partial charge in [-0.2, -0.15) is 5.10 Å². The fraction of sp³-hybridized carbons (Fsp3) is 0.318. The molecular weight excluding hydrogens is 380 g/mol. The van der Waals surface area contributed by atoms with Gasteiger partial charge in [0.05, 0.1) is 18.4 Å². The maximum atomic E-state index is 4.79. The lowest BCUT2D eigenvalue weighted by atomic mass is 9.96. The molecule has 1 aliphatic heterocycles. The van der Waals surface area contributed by atoms with Crippen LogP contribution in [0.3, 0.4) is 0 Å². The van der Waals surface area contributed by atoms with Crippen molar-refractivity contribution < 1.29 is 0 Å². The van der Waals surface area contributed by atoms with Crippen LogP contribution in [0.2, 0.25) is 0 Å². The Kier molecular flexibility index (Phi) is 5.23. The Morgan fingerprint density at radius 1 is 1.07 bits per heavy atom. The van der Waals surface area contributed by atoms with Gasteiger partial charge < -0.3 is 5.32 Å². The van der Waals surface area contributed by atoms with Gasteiger partial charge in [0.15, 0.2) is 11.5 Å². The van der Waals surface area contributed by atoms with E-state index >= 15 is 0 Å². The van der Waals surface area contributed by atoms with Crippen LogP contribution in [-0.2, 0) is 13.1 Å². The number of hydrogen-bond acceptors (Lipinski definition) is 6. The third-order valence-corrected chi connectivity index (χ3v) is 6.25. The second-order valence-electron chi connectivity index (χ2n) is 7.51. The largest absolute Gasteiger partial charge is 0.380 e. The summed E-state index contributed by atoms with van der Waals surface area (Å²) in [5.41, 5.74) is 3.22. The van der Waals surface area contributed by atoms with Crippen molar-refractivity contribution in [2.24, 2.45) is 0 Å². The van der Waals surface area contributed by atoms with Crippen LogP contribution in [0.25, 0.3) is 5.65 Å². The molecule has 7 heteroatoms. The van der Waals surface area contributed by atoms with Gasteiger partial charge in [-0.05, 0) is 43.6 Å². The first-order chi connectivity index (χ1) is 14.3. The highest BCUT2D eigenvalue weighted by atomic mass is 32.1. The third kappa shape index (κ3) is 4.31. The average molecular weight is 405 g/mol. The molecule has 148 valence electrons. The Bertz CT molecular complexity index is 1050. The first kappa shape index (κ1) is 18.3. The number of nitrogens with one attached hydrogen (secondary N) is 1. The number of benzene rings is 1. The SMILES string of the molecule is c1ccc(CNc2ccc3nc(C4CCN(Cc5nccs5)CC4)nn3c2)cc1. The normalized spacial score (nSPS) is 15.7. The molecule has 4 aromatic rings. The molecule has 1 N–H and O–H groups in total. The maximum Gasteiger partial charge on any atom is 0.155 e. The highest BCUT2D eigenvalue weighted by Gasteiger charge is 2.24. The first-order valence-electron chi connectivity index (χ1n) is 10.1. The second-order valence-corrected chi connectivity index (χ2v) is 8.49. The quantitative estimate of drug-likeness (QED) is 0.522. The Balaban J connectivity index is 1.22. The molecule has 0 amide bonds. The number of pyridine rings is 1. The third-order valence-electron chi connectivity index (χ3n) is 5.48. The number of piperidine rings is 1. The van der Waals surface area contributed by atoms with E-state index in [2.05, 4.69) is 45.5 Å². The van der Waals surface area contributed by atoms with E-state index in [-0.39, 0.29) is 0 Å². The highest BCUT2D eigenvalue weighted by molar-refractivity contribution is 7.09. The molecule has 0 saturated carbocycles. The number of nitrogens with zero attached hydrogens (tertiary/aromatic N) is 5. The fourth-order valence-electron chi connectivity index (χ4n) is 3.85. The molecule has 3 aromatic heterocycles. The molecule has 0 unspecified atom stereocenters. The van der Waals surface area contributed by atoms with Gasteiger partial charge in [0.2, 0.25) is 0 Å². The van der Waals surface area contributed by atoms with Crippen molar-refractivity contribution in [2.75, 3.05) is 18.4 Å². The molecule has 6 nitrogen and oxygen atoms in total. The Labute approximate surface area is 174 Å². The molecule has 0 aliphatic carbocycles. The van der Waals surface area contributed by atoms with E-state index in [1.54, 1.807) is 11.3 Å². The minimum atomic E-state index is 0.433. The molecule has 0 bridgehead atoms. The van der Waals surface area contributed by atoms with E-state index in [0.717, 1.165) is 56.2 Å². The lowest BCUT2D eigenvalue weighted by Crippen LogP contribution is -2.32. The topological polar surface area (TPSA) is 58.4 Å². The van der Waals surface area contributed by atoms with Gasteiger partial charge in [0, 0.05) is 24.0 Å². The van der Waals surface area contributed by atoms with Gasteiger partial charge in [-0.1, -0.05) is 30.3 Å². The molecule has 5 rings (SSSR count). The average Bonchev–Trinajstić information content (AvgIpc) is 3.43. The highest BCUT2D eigenvalue weighted by Crippen LogP contribution is 2.27. The summed E-state index contributed by atoms with van der Waals surface area (Å²) in [5, 5.41) is 11.5. The van der Waals surface area contributed by atoms with Crippen LogP contribution in [-0.4, -0.2) is 37.6 Å². The summed E-state index contributed by atoms with van der Waals surface area (Å²) >= 11 is 1.73. The fourth-order valence-corrected chi connectivity index (χ4v) is 4.51. The van der Waals surface area contributed by atoms with E-state index < -0.39 is 0 Å². The van der Waals surface area contributed by atoms with Crippen molar-refractivity contribution in [1.82, 2.24) is 24.5 Å². The summed E-state index contributed by atoms with van der Waals surface area (Å²) in [7, 11) is 0. The molecule has 1 fully saturated rings. The number of fused-ring (bicyclic) bond motifs is 1. The number of rotatable bonds is 6. The summed E-state index contributed by atoms with van der Waals surface area (Å²) < 4.78 is 1.91. The van der Waals surface area contributed by atoms with Crippen LogP contribution in [0.1, 0.15) is 35.2 Å². The minimum Gasteiger partial charge on any atom is -0.380 e. The van der Waals surface area contributed by atoms with Crippen molar-refractivity contribution in [3.05, 3.63) is 76.6 Å². The van der Waals surface area contributed by atoms with E-state index in [1.165, 1.54) is 10.6 Å². The molecule has 0 radical (unpaired) electrons. The summed E-state index contributed by atoms with van der Waals surface area (Å²) in [6, 6.07) is 14.5. The van der Waals surface area contributed by atoms with Crippen molar-refractivity contribution in [3.63, 3.8) is 0 Å². The Hall–Kier alpha value is -2.77. The zero-order valence-electron chi connectivity index (χ0n) is 16.2. The van der Waals surface area contributed by atoms with Crippen LogP contribution >= 0.6 is 11.3 Å². The van der Waals surface area contributed by atoms with Gasteiger partial charge in [0.1, 0.15) is 5.01 Å². The molecule has 1 saturated heterocycles. The van der Waals surface area contributed by atoms with Gasteiger partial charge in [-0.25, -0.2) is 14.5 Å². The van der Waals surface area contributed by atoms with Crippen molar-refractivity contribution in [1.29, 1.82) is 0 Å². The lowest BCUT2D eigenvalue weighted by Gasteiger charge is -2.29. The van der Waals surface area contributed by atoms with E-state index in [1.807, 2.05) is 34.4 Å².